The molecule has 0 atom stereocenters. The van der Waals surface area contributed by atoms with Gasteiger partial charge < -0.3 is 14.9 Å². The van der Waals surface area contributed by atoms with E-state index in [9.17, 15) is 5.11 Å². The van der Waals surface area contributed by atoms with Gasteiger partial charge in [0.25, 0.3) is 0 Å². The van der Waals surface area contributed by atoms with E-state index in [0.717, 1.165) is 56.0 Å². The summed E-state index contributed by atoms with van der Waals surface area (Å²) < 4.78 is 5.09. The van der Waals surface area contributed by atoms with Crippen LogP contribution >= 0.6 is 22.7 Å². The van der Waals surface area contributed by atoms with E-state index in [-0.39, 0.29) is 16.6 Å². The van der Waals surface area contributed by atoms with Gasteiger partial charge in [0.05, 0.1) is 5.69 Å². The van der Waals surface area contributed by atoms with Crippen LogP contribution in [0.15, 0.2) is 224 Å². The van der Waals surface area contributed by atoms with Gasteiger partial charge >= 0.3 is 0 Å². The van der Waals surface area contributed by atoms with Gasteiger partial charge in [0, 0.05) is 96.6 Å². The van der Waals surface area contributed by atoms with Crippen molar-refractivity contribution in [3.63, 3.8) is 0 Å². The summed E-state index contributed by atoms with van der Waals surface area (Å²) >= 11 is 3.67. The molecule has 0 unspecified atom stereocenters. The van der Waals surface area contributed by atoms with Crippen LogP contribution in [0, 0.1) is 0 Å². The number of phenolic OH excluding ortho intramolecular Hbond substituents is 1. The van der Waals surface area contributed by atoms with Crippen molar-refractivity contribution >= 4 is 108 Å². The third-order valence-corrected chi connectivity index (χ3v) is 18.9. The Kier molecular flexibility index (Phi) is 9.55. The van der Waals surface area contributed by atoms with E-state index in [1.807, 2.05) is 28.7 Å². The Bertz CT molecular complexity index is 4540. The van der Waals surface area contributed by atoms with E-state index in [4.69, 9.17) is 0 Å². The first kappa shape index (κ1) is 44.0. The van der Waals surface area contributed by atoms with Crippen molar-refractivity contribution in [2.75, 3.05) is 9.80 Å². The van der Waals surface area contributed by atoms with Crippen molar-refractivity contribution in [3.05, 3.63) is 247 Å². The largest absolute Gasteiger partial charge is 0.507 e. The van der Waals surface area contributed by atoms with E-state index >= 15 is 0 Å². The highest BCUT2D eigenvalue weighted by Gasteiger charge is 2.37. The molecule has 13 aromatic rings. The fraction of sp³-hybridized carbons (Fsp3) is 0.0857. The topological polar surface area (TPSA) is 26.7 Å². The van der Waals surface area contributed by atoms with Gasteiger partial charge in [0.1, 0.15) is 5.75 Å². The maximum Gasteiger partial charge on any atom is 0.125 e. The summed E-state index contributed by atoms with van der Waals surface area (Å²) in [5, 5.41) is 19.7. The first-order valence-electron chi connectivity index (χ1n) is 25.9. The Morgan fingerprint density at radius 3 is 1.24 bits per heavy atom. The molecular weight excluding hydrogens is 949 g/mol. The van der Waals surface area contributed by atoms with Gasteiger partial charge in [-0.2, -0.15) is 0 Å². The van der Waals surface area contributed by atoms with Gasteiger partial charge in [-0.3, -0.25) is 0 Å². The molecule has 2 heterocycles. The third-order valence-electron chi connectivity index (χ3n) is 16.6. The number of aromatic hydroxyl groups is 1. The Morgan fingerprint density at radius 1 is 0.293 bits per heavy atom. The second-order valence-electron chi connectivity index (χ2n) is 21.4. The summed E-state index contributed by atoms with van der Waals surface area (Å²) in [7, 11) is 0. The molecule has 2 aliphatic carbocycles. The molecule has 0 aliphatic heterocycles. The number of phenols is 1. The maximum atomic E-state index is 12.6. The fourth-order valence-electron chi connectivity index (χ4n) is 12.8. The summed E-state index contributed by atoms with van der Waals surface area (Å²) in [5.41, 5.74) is 18.1. The second kappa shape index (κ2) is 16.3. The van der Waals surface area contributed by atoms with Gasteiger partial charge in [-0.15, -0.1) is 22.7 Å². The molecule has 5 heteroatoms. The number of benzene rings is 11. The normalized spacial score (nSPS) is 13.9. The van der Waals surface area contributed by atoms with E-state index in [1.54, 1.807) is 0 Å². The molecule has 0 amide bonds. The molecule has 75 heavy (non-hydrogen) atoms. The quantitative estimate of drug-likeness (QED) is 0.172. The van der Waals surface area contributed by atoms with Crippen LogP contribution in [0.25, 0.3) is 84.5 Å². The third kappa shape index (κ3) is 6.57. The first-order chi connectivity index (χ1) is 36.6. The summed E-state index contributed by atoms with van der Waals surface area (Å²) in [6, 6.07) is 82.2. The van der Waals surface area contributed by atoms with Gasteiger partial charge in [0.2, 0.25) is 0 Å². The number of thiophene rings is 2. The minimum absolute atomic E-state index is 0.166. The van der Waals surface area contributed by atoms with Crippen LogP contribution in [0.2, 0.25) is 0 Å². The van der Waals surface area contributed by atoms with Gasteiger partial charge in [-0.1, -0.05) is 155 Å². The van der Waals surface area contributed by atoms with E-state index in [1.165, 1.54) is 84.9 Å². The lowest BCUT2D eigenvalue weighted by atomic mass is 9.82. The summed E-state index contributed by atoms with van der Waals surface area (Å²) in [6.45, 7) is 9.37. The average molecular weight is 999 g/mol. The first-order valence-corrected chi connectivity index (χ1v) is 27.5. The Hall–Kier alpha value is -8.48. The van der Waals surface area contributed by atoms with Crippen LogP contribution in [0.1, 0.15) is 49.9 Å². The predicted molar refractivity (Wildman–Crippen MR) is 321 cm³/mol. The van der Waals surface area contributed by atoms with Crippen LogP contribution in [-0.2, 0) is 10.8 Å². The zero-order valence-electron chi connectivity index (χ0n) is 42.0. The van der Waals surface area contributed by atoms with Crippen molar-refractivity contribution in [1.82, 2.24) is 0 Å². The number of nitrogens with zero attached hydrogens (tertiary/aromatic N) is 2. The van der Waals surface area contributed by atoms with Crippen molar-refractivity contribution in [1.29, 1.82) is 0 Å². The smallest absolute Gasteiger partial charge is 0.125 e. The highest BCUT2D eigenvalue weighted by atomic mass is 32.1. The zero-order valence-corrected chi connectivity index (χ0v) is 43.7. The number of rotatable bonds is 7. The number of anilines is 6. The van der Waals surface area contributed by atoms with Crippen LogP contribution in [0.5, 0.6) is 5.75 Å². The minimum atomic E-state index is -0.177. The molecule has 358 valence electrons. The molecule has 0 radical (unpaired) electrons. The van der Waals surface area contributed by atoms with Crippen molar-refractivity contribution in [2.45, 2.75) is 38.5 Å². The monoisotopic (exact) mass is 998 g/mol. The van der Waals surface area contributed by atoms with E-state index < -0.39 is 0 Å². The molecule has 15 rings (SSSR count). The molecule has 1 N–H and O–H groups in total. The van der Waals surface area contributed by atoms with E-state index in [2.05, 4.69) is 256 Å². The van der Waals surface area contributed by atoms with Crippen LogP contribution in [0.4, 0.5) is 34.1 Å². The maximum absolute atomic E-state index is 12.6. The molecule has 0 bridgehead atoms. The summed E-state index contributed by atoms with van der Waals surface area (Å²) in [5.74, 6) is 0.221. The highest BCUT2D eigenvalue weighted by Crippen LogP contribution is 2.54. The summed E-state index contributed by atoms with van der Waals surface area (Å²) in [4.78, 5) is 4.76. The summed E-state index contributed by atoms with van der Waals surface area (Å²) in [6.07, 6.45) is 0. The van der Waals surface area contributed by atoms with Gasteiger partial charge in [-0.25, -0.2) is 0 Å². The lowest BCUT2D eigenvalue weighted by Crippen LogP contribution is -2.16. The van der Waals surface area contributed by atoms with Crippen molar-refractivity contribution in [2.24, 2.45) is 0 Å². The van der Waals surface area contributed by atoms with Crippen molar-refractivity contribution < 1.29 is 5.11 Å². The molecule has 0 saturated heterocycles. The van der Waals surface area contributed by atoms with Crippen molar-refractivity contribution in [3.8, 4) is 39.1 Å². The van der Waals surface area contributed by atoms with Crippen LogP contribution in [0.3, 0.4) is 0 Å². The Labute approximate surface area is 444 Å². The molecule has 11 aromatic carbocycles. The predicted octanol–water partition coefficient (Wildman–Crippen LogP) is 20.5. The lowest BCUT2D eigenvalue weighted by molar-refractivity contribution is 0.477. The lowest BCUT2D eigenvalue weighted by Gasteiger charge is -2.30. The van der Waals surface area contributed by atoms with Gasteiger partial charge in [-0.05, 0) is 146 Å². The van der Waals surface area contributed by atoms with Crippen LogP contribution in [-0.4, -0.2) is 5.11 Å². The average Bonchev–Trinajstić information content (AvgIpc) is 4.18. The Balaban J connectivity index is 0.884. The highest BCUT2D eigenvalue weighted by molar-refractivity contribution is 7.26. The van der Waals surface area contributed by atoms with Gasteiger partial charge in [0.15, 0.2) is 0 Å². The van der Waals surface area contributed by atoms with E-state index in [0.29, 0.717) is 0 Å². The second-order valence-corrected chi connectivity index (χ2v) is 23.6. The molecule has 0 saturated carbocycles. The molecule has 0 fully saturated rings. The number of fused-ring (bicyclic) bond motifs is 13. The molecule has 3 nitrogen and oxygen atoms in total. The zero-order chi connectivity index (χ0) is 50.3. The molecule has 0 spiro atoms. The SMILES string of the molecule is CC1(C)c2ccccc2-c2ccc(N(c3ccc(-c4ccc(N(c5ccc6c(c5)C(C)(C)c5ccccc5-6)c5ccc6sc7ccccc7c6c5)c5ccccc45)c(O)c3)c3ccc4sc5ccccc5c4c3)cc21. The van der Waals surface area contributed by atoms with Crippen LogP contribution < -0.4 is 9.80 Å². The molecular formula is C70H50N2OS2. The number of hydrogen-bond acceptors (Lipinski definition) is 5. The minimum Gasteiger partial charge on any atom is -0.507 e. The Morgan fingerprint density at radius 2 is 0.680 bits per heavy atom. The fourth-order valence-corrected chi connectivity index (χ4v) is 15.0. The molecule has 2 aliphatic rings. The number of hydrogen-bond donors (Lipinski definition) is 1. The standard InChI is InChI=1S/C70H50N2OS2/c1-69(2)59-21-11-7-16-49(59)51-30-25-44(39-61(51)69)71(42-28-35-67-57(37-42)55-19-9-13-23-65(55)74-67)46-27-32-54(64(73)41-46)48-33-34-63(53-18-6-5-15-47(48)53)72(43-29-36-68-58(38-43)56-20-10-14-24-66(56)75-68)45-26-31-52-50-17-8-12-22-60(50)70(3,4)62(52)40-45/h5-41,73H,1-4H3. The molecule has 2 aromatic heterocycles.